The lowest BCUT2D eigenvalue weighted by Gasteiger charge is -2.33. The zero-order valence-electron chi connectivity index (χ0n) is 14.8. The van der Waals surface area contributed by atoms with Crippen LogP contribution < -0.4 is 11.0 Å². The second-order valence-electron chi connectivity index (χ2n) is 7.01. The van der Waals surface area contributed by atoms with Crippen molar-refractivity contribution in [2.75, 3.05) is 5.32 Å². The minimum absolute atomic E-state index is 0.128. The minimum Gasteiger partial charge on any atom is -0.367 e. The Morgan fingerprint density at radius 2 is 1.86 bits per heavy atom. The van der Waals surface area contributed by atoms with Crippen LogP contribution in [0.1, 0.15) is 25.5 Å². The summed E-state index contributed by atoms with van der Waals surface area (Å²) in [4.78, 5) is 20.6. The molecule has 4 rings (SSSR count). The van der Waals surface area contributed by atoms with Crippen molar-refractivity contribution in [3.63, 3.8) is 0 Å². The minimum atomic E-state index is -4.64. The molecule has 1 aliphatic carbocycles. The van der Waals surface area contributed by atoms with E-state index in [1.165, 1.54) is 12.1 Å². The lowest BCUT2D eigenvalue weighted by molar-refractivity contribution is -0.141. The normalized spacial score (nSPS) is 19.5. The molecule has 146 valence electrons. The molecule has 3 aromatic rings. The molecule has 2 aromatic heterocycles. The van der Waals surface area contributed by atoms with Gasteiger partial charge in [-0.2, -0.15) is 18.2 Å². The highest BCUT2D eigenvalue weighted by atomic mass is 35.5. The second kappa shape index (κ2) is 6.77. The van der Waals surface area contributed by atoms with Crippen molar-refractivity contribution in [2.45, 2.75) is 32.0 Å². The zero-order chi connectivity index (χ0) is 20.1. The number of aromatic nitrogens is 3. The van der Waals surface area contributed by atoms with Gasteiger partial charge >= 0.3 is 11.9 Å². The summed E-state index contributed by atoms with van der Waals surface area (Å²) in [5.41, 5.74) is -1.75. The third-order valence-electron chi connectivity index (χ3n) is 4.84. The fourth-order valence-electron chi connectivity index (χ4n) is 3.43. The monoisotopic (exact) mass is 408 g/mol. The van der Waals surface area contributed by atoms with E-state index in [-0.39, 0.29) is 28.2 Å². The number of para-hydroxylation sites is 1. The Balaban J connectivity index is 1.96. The molecule has 0 amide bonds. The van der Waals surface area contributed by atoms with Crippen LogP contribution in [0.3, 0.4) is 0 Å². The molecule has 0 unspecified atom stereocenters. The van der Waals surface area contributed by atoms with E-state index in [0.29, 0.717) is 11.3 Å². The summed E-state index contributed by atoms with van der Waals surface area (Å²) in [5.74, 6) is 0.795. The van der Waals surface area contributed by atoms with Crippen molar-refractivity contribution >= 4 is 28.5 Å². The maximum absolute atomic E-state index is 13.2. The van der Waals surface area contributed by atoms with Gasteiger partial charge in [-0.3, -0.25) is 0 Å². The van der Waals surface area contributed by atoms with E-state index in [0.717, 1.165) is 23.5 Å². The molecule has 1 N–H and O–H groups in total. The van der Waals surface area contributed by atoms with Gasteiger partial charge in [-0.1, -0.05) is 30.7 Å². The molecule has 1 fully saturated rings. The van der Waals surface area contributed by atoms with Gasteiger partial charge in [-0.15, -0.1) is 0 Å². The summed E-state index contributed by atoms with van der Waals surface area (Å²) in [6, 6.07) is 8.68. The average Bonchev–Trinajstić information content (AvgIpc) is 2.60. The first-order valence-corrected chi connectivity index (χ1v) is 9.14. The Morgan fingerprint density at radius 1 is 1.14 bits per heavy atom. The second-order valence-corrected chi connectivity index (χ2v) is 7.42. The van der Waals surface area contributed by atoms with E-state index in [2.05, 4.69) is 22.2 Å². The topological polar surface area (TPSA) is 59.8 Å². The molecule has 1 aliphatic rings. The number of alkyl halides is 3. The van der Waals surface area contributed by atoms with Gasteiger partial charge < -0.3 is 5.32 Å². The number of hydrogen-bond donors (Lipinski definition) is 1. The van der Waals surface area contributed by atoms with E-state index in [9.17, 15) is 18.0 Å². The van der Waals surface area contributed by atoms with E-state index in [1.54, 1.807) is 18.2 Å². The summed E-state index contributed by atoms with van der Waals surface area (Å²) in [6.45, 7) is 2.11. The average molecular weight is 409 g/mol. The van der Waals surface area contributed by atoms with Gasteiger partial charge in [0.1, 0.15) is 11.5 Å². The molecule has 1 saturated carbocycles. The lowest BCUT2D eigenvalue weighted by atomic mass is 9.82. The van der Waals surface area contributed by atoms with Crippen molar-refractivity contribution in [2.24, 2.45) is 5.92 Å². The Kier molecular flexibility index (Phi) is 4.53. The molecule has 0 aliphatic heterocycles. The predicted molar refractivity (Wildman–Crippen MR) is 101 cm³/mol. The third-order valence-corrected chi connectivity index (χ3v) is 5.16. The van der Waals surface area contributed by atoms with E-state index in [1.807, 2.05) is 0 Å². The Hall–Kier alpha value is -2.61. The number of benzene rings is 1. The maximum Gasteiger partial charge on any atom is 0.433 e. The van der Waals surface area contributed by atoms with Crippen LogP contribution in [-0.2, 0) is 6.18 Å². The van der Waals surface area contributed by atoms with Crippen LogP contribution in [0.5, 0.6) is 0 Å². The van der Waals surface area contributed by atoms with Gasteiger partial charge in [0.05, 0.1) is 16.1 Å². The summed E-state index contributed by atoms with van der Waals surface area (Å²) >= 11 is 6.18. The largest absolute Gasteiger partial charge is 0.433 e. The highest BCUT2D eigenvalue weighted by Crippen LogP contribution is 2.33. The van der Waals surface area contributed by atoms with Crippen LogP contribution in [0.2, 0.25) is 5.02 Å². The highest BCUT2D eigenvalue weighted by molar-refractivity contribution is 6.32. The number of pyridine rings is 1. The molecule has 0 spiro atoms. The van der Waals surface area contributed by atoms with Gasteiger partial charge in [0.2, 0.25) is 0 Å². The molecule has 2 heterocycles. The molecule has 5 nitrogen and oxygen atoms in total. The van der Waals surface area contributed by atoms with Gasteiger partial charge in [0, 0.05) is 6.04 Å². The first kappa shape index (κ1) is 18.7. The Bertz CT molecular complexity index is 1110. The van der Waals surface area contributed by atoms with Crippen molar-refractivity contribution in [3.8, 4) is 5.69 Å². The van der Waals surface area contributed by atoms with E-state index in [4.69, 9.17) is 11.6 Å². The molecule has 0 bridgehead atoms. The third kappa shape index (κ3) is 3.32. The number of halogens is 4. The first-order chi connectivity index (χ1) is 13.2. The zero-order valence-corrected chi connectivity index (χ0v) is 15.6. The number of rotatable bonds is 3. The molecule has 0 atom stereocenters. The Morgan fingerprint density at radius 3 is 2.50 bits per heavy atom. The quantitative estimate of drug-likeness (QED) is 0.684. The summed E-state index contributed by atoms with van der Waals surface area (Å²) in [6.07, 6.45) is -2.83. The Labute approximate surface area is 163 Å². The molecule has 0 radical (unpaired) electrons. The van der Waals surface area contributed by atoms with Crippen molar-refractivity contribution in [1.29, 1.82) is 0 Å². The number of fused-ring (bicyclic) bond motifs is 1. The summed E-state index contributed by atoms with van der Waals surface area (Å²) in [7, 11) is 0. The van der Waals surface area contributed by atoms with Crippen LogP contribution in [-0.4, -0.2) is 20.6 Å². The number of nitrogens with one attached hydrogen (secondary N) is 1. The van der Waals surface area contributed by atoms with Crippen molar-refractivity contribution in [3.05, 3.63) is 57.6 Å². The van der Waals surface area contributed by atoms with Gasteiger partial charge in [-0.25, -0.2) is 14.3 Å². The molecule has 28 heavy (non-hydrogen) atoms. The number of hydrogen-bond acceptors (Lipinski definition) is 4. The molecular formula is C19H16ClF3N4O. The van der Waals surface area contributed by atoms with Crippen LogP contribution in [0, 0.1) is 5.92 Å². The van der Waals surface area contributed by atoms with Crippen LogP contribution >= 0.6 is 11.6 Å². The molecule has 9 heteroatoms. The van der Waals surface area contributed by atoms with E-state index < -0.39 is 17.6 Å². The van der Waals surface area contributed by atoms with Crippen LogP contribution in [0.25, 0.3) is 16.7 Å². The number of nitrogens with zero attached hydrogens (tertiary/aromatic N) is 3. The van der Waals surface area contributed by atoms with Crippen molar-refractivity contribution in [1.82, 2.24) is 14.5 Å². The molecule has 1 aromatic carbocycles. The molecular weight excluding hydrogens is 393 g/mol. The summed E-state index contributed by atoms with van der Waals surface area (Å²) < 4.78 is 40.7. The summed E-state index contributed by atoms with van der Waals surface area (Å²) in [5, 5.41) is 3.70. The van der Waals surface area contributed by atoms with Crippen molar-refractivity contribution < 1.29 is 13.2 Å². The van der Waals surface area contributed by atoms with E-state index >= 15 is 0 Å². The lowest BCUT2D eigenvalue weighted by Crippen LogP contribution is -2.35. The fourth-order valence-corrected chi connectivity index (χ4v) is 3.65. The van der Waals surface area contributed by atoms with Crippen LogP contribution in [0.4, 0.5) is 19.0 Å². The van der Waals surface area contributed by atoms with Crippen LogP contribution in [0.15, 0.2) is 41.2 Å². The first-order valence-electron chi connectivity index (χ1n) is 8.76. The van der Waals surface area contributed by atoms with Gasteiger partial charge in [-0.05, 0) is 43.0 Å². The predicted octanol–water partition coefficient (Wildman–Crippen LogP) is 4.66. The SMILES string of the molecule is CC1CC(Nc2nc(=O)n(-c3ccccc3Cl)c3nc(C(F)(F)F)ccc23)C1. The smallest absolute Gasteiger partial charge is 0.367 e. The van der Waals surface area contributed by atoms with Gasteiger partial charge in [0.15, 0.2) is 5.65 Å². The highest BCUT2D eigenvalue weighted by Gasteiger charge is 2.34. The molecule has 0 saturated heterocycles. The van der Waals surface area contributed by atoms with Gasteiger partial charge in [0.25, 0.3) is 0 Å². The maximum atomic E-state index is 13.2. The number of anilines is 1. The standard InChI is InChI=1S/C19H16ClF3N4O/c1-10-8-11(9-10)24-16-12-6-7-15(19(21,22)23)25-17(12)27(18(28)26-16)14-5-3-2-4-13(14)20/h2-7,10-11H,8-9H2,1H3,(H,24,26,28). The fraction of sp³-hybridized carbons (Fsp3) is 0.316.